The maximum Gasteiger partial charge on any atom is 0.365 e. The van der Waals surface area contributed by atoms with Gasteiger partial charge in [-0.05, 0) is 24.7 Å². The van der Waals surface area contributed by atoms with E-state index in [0.717, 1.165) is 11.6 Å². The molecule has 94 valence electrons. The molecule has 1 aromatic heterocycles. The molecule has 0 aliphatic heterocycles. The van der Waals surface area contributed by atoms with Crippen molar-refractivity contribution in [3.05, 3.63) is 16.1 Å². The molecule has 17 heavy (non-hydrogen) atoms. The molecule has 0 amide bonds. The number of rotatable bonds is 4. The van der Waals surface area contributed by atoms with Crippen molar-refractivity contribution in [3.8, 4) is 0 Å². The topological polar surface area (TPSA) is 62.2 Å². The van der Waals surface area contributed by atoms with Gasteiger partial charge in [-0.2, -0.15) is 0 Å². The molecule has 0 spiro atoms. The van der Waals surface area contributed by atoms with Crippen LogP contribution in [0.2, 0.25) is 0 Å². The van der Waals surface area contributed by atoms with Crippen LogP contribution < -0.4 is 5.32 Å². The molecule has 0 bridgehead atoms. The Morgan fingerprint density at radius 3 is 2.88 bits per heavy atom. The molecule has 2 N–H and O–H groups in total. The van der Waals surface area contributed by atoms with Gasteiger partial charge in [0.05, 0.1) is 5.69 Å². The molecular formula is C12H18N2O2S. The van der Waals surface area contributed by atoms with Gasteiger partial charge in [-0.15, -0.1) is 11.3 Å². The number of aromatic nitrogens is 1. The van der Waals surface area contributed by atoms with E-state index in [1.807, 2.05) is 5.38 Å². The number of carboxylic acid groups (broad SMARTS) is 1. The summed E-state index contributed by atoms with van der Waals surface area (Å²) in [5.74, 6) is 0.522. The maximum absolute atomic E-state index is 10.7. The first kappa shape index (κ1) is 12.5. The van der Waals surface area contributed by atoms with Crippen LogP contribution in [0.3, 0.4) is 0 Å². The van der Waals surface area contributed by atoms with Gasteiger partial charge < -0.3 is 10.4 Å². The third-order valence-electron chi connectivity index (χ3n) is 3.75. The molecule has 3 unspecified atom stereocenters. The second kappa shape index (κ2) is 5.14. The van der Waals surface area contributed by atoms with Crippen molar-refractivity contribution in [2.45, 2.75) is 39.3 Å². The fraction of sp³-hybridized carbons (Fsp3) is 0.667. The molecule has 1 saturated carbocycles. The third-order valence-corrected chi connectivity index (χ3v) is 4.62. The smallest absolute Gasteiger partial charge is 0.365 e. The number of carbonyl (C=O) groups is 1. The first-order chi connectivity index (χ1) is 8.08. The minimum atomic E-state index is -0.941. The lowest BCUT2D eigenvalue weighted by molar-refractivity contribution is 0.0696. The summed E-state index contributed by atoms with van der Waals surface area (Å²) in [4.78, 5) is 14.8. The molecule has 1 fully saturated rings. The van der Waals surface area contributed by atoms with Gasteiger partial charge in [-0.25, -0.2) is 9.78 Å². The standard InChI is InChI=1S/C12H18N2O2S/c1-7-3-4-10(8(7)2)13-5-9-6-17-11(14-9)12(15)16/h6-8,10,13H,3-5H2,1-2H3,(H,15,16). The molecule has 2 rings (SSSR count). The fourth-order valence-corrected chi connectivity index (χ4v) is 3.03. The quantitative estimate of drug-likeness (QED) is 0.866. The summed E-state index contributed by atoms with van der Waals surface area (Å²) in [6, 6.07) is 0.542. The summed E-state index contributed by atoms with van der Waals surface area (Å²) in [7, 11) is 0. The average Bonchev–Trinajstić information content (AvgIpc) is 2.86. The van der Waals surface area contributed by atoms with E-state index >= 15 is 0 Å². The normalized spacial score (nSPS) is 28.5. The Balaban J connectivity index is 1.87. The zero-order valence-corrected chi connectivity index (χ0v) is 11.0. The van der Waals surface area contributed by atoms with E-state index in [-0.39, 0.29) is 5.01 Å². The first-order valence-electron chi connectivity index (χ1n) is 5.99. The Bertz CT molecular complexity index is 405. The van der Waals surface area contributed by atoms with Gasteiger partial charge in [-0.3, -0.25) is 0 Å². The van der Waals surface area contributed by atoms with E-state index in [1.165, 1.54) is 24.2 Å². The van der Waals surface area contributed by atoms with Gasteiger partial charge in [0.2, 0.25) is 5.01 Å². The second-order valence-electron chi connectivity index (χ2n) is 4.85. The Morgan fingerprint density at radius 1 is 1.59 bits per heavy atom. The zero-order chi connectivity index (χ0) is 12.4. The summed E-state index contributed by atoms with van der Waals surface area (Å²) in [5.41, 5.74) is 0.833. The molecule has 0 aromatic carbocycles. The van der Waals surface area contributed by atoms with Crippen molar-refractivity contribution in [2.24, 2.45) is 11.8 Å². The zero-order valence-electron chi connectivity index (χ0n) is 10.1. The summed E-state index contributed by atoms with van der Waals surface area (Å²) in [6.07, 6.45) is 2.48. The van der Waals surface area contributed by atoms with Crippen molar-refractivity contribution in [1.29, 1.82) is 0 Å². The first-order valence-corrected chi connectivity index (χ1v) is 6.87. The number of carboxylic acids is 1. The third kappa shape index (κ3) is 2.84. The van der Waals surface area contributed by atoms with Crippen LogP contribution in [0.5, 0.6) is 0 Å². The minimum Gasteiger partial charge on any atom is -0.476 e. The summed E-state index contributed by atoms with van der Waals surface area (Å²) >= 11 is 1.19. The molecule has 5 heteroatoms. The Kier molecular flexibility index (Phi) is 3.79. The lowest BCUT2D eigenvalue weighted by Crippen LogP contribution is -2.32. The summed E-state index contributed by atoms with van der Waals surface area (Å²) < 4.78 is 0. The van der Waals surface area contributed by atoms with E-state index < -0.39 is 5.97 Å². The summed E-state index contributed by atoms with van der Waals surface area (Å²) in [6.45, 7) is 5.24. The minimum absolute atomic E-state index is 0.176. The summed E-state index contributed by atoms with van der Waals surface area (Å²) in [5, 5.41) is 14.3. The van der Waals surface area contributed by atoms with Crippen LogP contribution in [0.4, 0.5) is 0 Å². The van der Waals surface area contributed by atoms with E-state index in [0.29, 0.717) is 18.5 Å². The van der Waals surface area contributed by atoms with Crippen molar-refractivity contribution in [2.75, 3.05) is 0 Å². The predicted molar refractivity (Wildman–Crippen MR) is 67.3 cm³/mol. The van der Waals surface area contributed by atoms with Crippen molar-refractivity contribution in [1.82, 2.24) is 10.3 Å². The number of thiazole rings is 1. The number of hydrogen-bond acceptors (Lipinski definition) is 4. The maximum atomic E-state index is 10.7. The van der Waals surface area contributed by atoms with Gasteiger partial charge in [0.25, 0.3) is 0 Å². The molecule has 4 nitrogen and oxygen atoms in total. The highest BCUT2D eigenvalue weighted by Crippen LogP contribution is 2.31. The Labute approximate surface area is 105 Å². The van der Waals surface area contributed by atoms with Crippen LogP contribution in [0.25, 0.3) is 0 Å². The molecule has 0 saturated heterocycles. The predicted octanol–water partition coefficient (Wildman–Crippen LogP) is 2.37. The van der Waals surface area contributed by atoms with Crippen LogP contribution in [0.15, 0.2) is 5.38 Å². The highest BCUT2D eigenvalue weighted by molar-refractivity contribution is 7.11. The van der Waals surface area contributed by atoms with Crippen molar-refractivity contribution in [3.63, 3.8) is 0 Å². The van der Waals surface area contributed by atoms with Gasteiger partial charge in [0.1, 0.15) is 0 Å². The Hall–Kier alpha value is -0.940. The van der Waals surface area contributed by atoms with Crippen LogP contribution in [-0.4, -0.2) is 22.1 Å². The van der Waals surface area contributed by atoms with Crippen molar-refractivity contribution < 1.29 is 9.90 Å². The average molecular weight is 254 g/mol. The van der Waals surface area contributed by atoms with Gasteiger partial charge in [0, 0.05) is 18.0 Å². The van der Waals surface area contributed by atoms with Gasteiger partial charge >= 0.3 is 5.97 Å². The molecule has 1 aromatic rings. The molecule has 1 heterocycles. The van der Waals surface area contributed by atoms with Gasteiger partial charge in [0.15, 0.2) is 0 Å². The Morgan fingerprint density at radius 2 is 2.35 bits per heavy atom. The van der Waals surface area contributed by atoms with Crippen LogP contribution in [0.1, 0.15) is 42.2 Å². The molecule has 3 atom stereocenters. The second-order valence-corrected chi connectivity index (χ2v) is 5.71. The highest BCUT2D eigenvalue weighted by Gasteiger charge is 2.29. The molecule has 1 aliphatic rings. The molecular weight excluding hydrogens is 236 g/mol. The van der Waals surface area contributed by atoms with Crippen LogP contribution in [-0.2, 0) is 6.54 Å². The fourth-order valence-electron chi connectivity index (χ4n) is 2.37. The van der Waals surface area contributed by atoms with Crippen LogP contribution in [0, 0.1) is 11.8 Å². The lowest BCUT2D eigenvalue weighted by atomic mass is 9.98. The van der Waals surface area contributed by atoms with E-state index in [1.54, 1.807) is 0 Å². The van der Waals surface area contributed by atoms with E-state index in [2.05, 4.69) is 24.1 Å². The van der Waals surface area contributed by atoms with E-state index in [9.17, 15) is 4.79 Å². The SMILES string of the molecule is CC1CCC(NCc2csc(C(=O)O)n2)C1C. The highest BCUT2D eigenvalue weighted by atomic mass is 32.1. The molecule has 0 radical (unpaired) electrons. The lowest BCUT2D eigenvalue weighted by Gasteiger charge is -2.19. The molecule has 1 aliphatic carbocycles. The number of hydrogen-bond donors (Lipinski definition) is 2. The van der Waals surface area contributed by atoms with Crippen molar-refractivity contribution >= 4 is 17.3 Å². The van der Waals surface area contributed by atoms with E-state index in [4.69, 9.17) is 5.11 Å². The van der Waals surface area contributed by atoms with Crippen LogP contribution >= 0.6 is 11.3 Å². The largest absolute Gasteiger partial charge is 0.476 e. The number of aromatic carboxylic acids is 1. The van der Waals surface area contributed by atoms with Gasteiger partial charge in [-0.1, -0.05) is 13.8 Å². The number of nitrogens with zero attached hydrogens (tertiary/aromatic N) is 1. The monoisotopic (exact) mass is 254 g/mol. The number of nitrogens with one attached hydrogen (secondary N) is 1.